The number of amides is 1. The minimum absolute atomic E-state index is 0.0623. The Bertz CT molecular complexity index is 1060. The van der Waals surface area contributed by atoms with Crippen molar-refractivity contribution in [3.63, 3.8) is 0 Å². The summed E-state index contributed by atoms with van der Waals surface area (Å²) in [6, 6.07) is 15.9. The van der Waals surface area contributed by atoms with E-state index in [1.807, 2.05) is 48.5 Å². The standard InChI is InChI=1S/C22H22BrN5O2/c23-16-7-5-15(6-8-16)19-13-20(22-24-17-3-1-2-4-18(17)25-22)28(26-19)21(29)14-27-9-11-30-12-10-27/h1-8,13,20,26H,9-12,14H2,(H,24,25)/p+2. The Kier molecular flexibility index (Phi) is 5.28. The Labute approximate surface area is 182 Å². The van der Waals surface area contributed by atoms with Gasteiger partial charge < -0.3 is 9.64 Å². The first-order valence-corrected chi connectivity index (χ1v) is 10.9. The molecule has 8 heteroatoms. The maximum atomic E-state index is 13.3. The van der Waals surface area contributed by atoms with Gasteiger partial charge in [0, 0.05) is 4.47 Å². The highest BCUT2D eigenvalue weighted by molar-refractivity contribution is 9.10. The second-order valence-electron chi connectivity index (χ2n) is 7.66. The van der Waals surface area contributed by atoms with E-state index in [0.717, 1.165) is 45.7 Å². The molecule has 3 aromatic rings. The molecule has 1 aromatic heterocycles. The quantitative estimate of drug-likeness (QED) is 0.535. The normalized spacial score (nSPS) is 19.7. The van der Waals surface area contributed by atoms with Gasteiger partial charge in [0.1, 0.15) is 13.1 Å². The molecule has 0 spiro atoms. The van der Waals surface area contributed by atoms with Crippen molar-refractivity contribution in [2.75, 3.05) is 32.8 Å². The highest BCUT2D eigenvalue weighted by Gasteiger charge is 2.37. The van der Waals surface area contributed by atoms with Gasteiger partial charge >= 0.3 is 0 Å². The summed E-state index contributed by atoms with van der Waals surface area (Å²) in [7, 11) is 0. The molecule has 3 heterocycles. The number of benzene rings is 2. The molecule has 0 aliphatic carbocycles. The maximum Gasteiger partial charge on any atom is 0.297 e. The zero-order valence-corrected chi connectivity index (χ0v) is 18.0. The topological polar surface area (TPSA) is 75.9 Å². The molecular weight excluding hydrogens is 446 g/mol. The predicted octanol–water partition coefficient (Wildman–Crippen LogP) is 1.09. The van der Waals surface area contributed by atoms with Crippen molar-refractivity contribution in [3.05, 3.63) is 70.5 Å². The van der Waals surface area contributed by atoms with Crippen LogP contribution in [0.25, 0.3) is 16.7 Å². The van der Waals surface area contributed by atoms with Crippen LogP contribution >= 0.6 is 15.9 Å². The highest BCUT2D eigenvalue weighted by atomic mass is 79.9. The van der Waals surface area contributed by atoms with Gasteiger partial charge in [-0.15, -0.1) is 0 Å². The Hall–Kier alpha value is -2.68. The summed E-state index contributed by atoms with van der Waals surface area (Å²) < 4.78 is 6.45. The van der Waals surface area contributed by atoms with Crippen LogP contribution in [0.5, 0.6) is 0 Å². The summed E-state index contributed by atoms with van der Waals surface area (Å²) in [5.74, 6) is 0.938. The number of aromatic amines is 2. The number of morpholine rings is 1. The van der Waals surface area contributed by atoms with Crippen LogP contribution < -0.4 is 15.3 Å². The first kappa shape index (κ1) is 19.3. The van der Waals surface area contributed by atoms with Crippen LogP contribution in [0.15, 0.2) is 59.1 Å². The lowest BCUT2D eigenvalue weighted by Crippen LogP contribution is -3.15. The molecule has 1 atom stereocenters. The Morgan fingerprint density at radius 1 is 1.17 bits per heavy atom. The van der Waals surface area contributed by atoms with Crippen molar-refractivity contribution in [3.8, 4) is 0 Å². The molecule has 0 bridgehead atoms. The van der Waals surface area contributed by atoms with E-state index in [1.54, 1.807) is 5.01 Å². The number of carbonyl (C=O) groups excluding carboxylic acids is 1. The molecule has 7 nitrogen and oxygen atoms in total. The molecule has 5 rings (SSSR count). The van der Waals surface area contributed by atoms with E-state index >= 15 is 0 Å². The molecule has 0 saturated carbocycles. The molecule has 1 saturated heterocycles. The number of para-hydroxylation sites is 2. The lowest BCUT2D eigenvalue weighted by atomic mass is 10.1. The zero-order valence-electron chi connectivity index (χ0n) is 16.5. The molecule has 0 radical (unpaired) electrons. The van der Waals surface area contributed by atoms with E-state index in [0.29, 0.717) is 19.8 Å². The first-order valence-electron chi connectivity index (χ1n) is 10.1. The average Bonchev–Trinajstić information content (AvgIpc) is 3.39. The number of nitrogens with zero attached hydrogens (tertiary/aromatic N) is 1. The van der Waals surface area contributed by atoms with Crippen LogP contribution in [-0.2, 0) is 9.53 Å². The summed E-state index contributed by atoms with van der Waals surface area (Å²) >= 11 is 3.49. The molecule has 4 N–H and O–H groups in total. The second kappa shape index (κ2) is 8.22. The Morgan fingerprint density at radius 2 is 1.93 bits per heavy atom. The SMILES string of the molecule is O=C(C[NH+]1CCOCC1)N1NC(c2ccc(Br)cc2)=CC1c1[nH]c2ccccc2[nH+]1. The third-order valence-electron chi connectivity index (χ3n) is 5.63. The van der Waals surface area contributed by atoms with Gasteiger partial charge in [0.15, 0.2) is 23.6 Å². The van der Waals surface area contributed by atoms with Gasteiger partial charge in [-0.2, -0.15) is 0 Å². The molecule has 1 unspecified atom stereocenters. The smallest absolute Gasteiger partial charge is 0.297 e. The summed E-state index contributed by atoms with van der Waals surface area (Å²) in [6.07, 6.45) is 2.09. The fraction of sp³-hybridized carbons (Fsp3) is 0.273. The van der Waals surface area contributed by atoms with E-state index in [-0.39, 0.29) is 11.9 Å². The summed E-state index contributed by atoms with van der Waals surface area (Å²) in [5, 5.41) is 1.74. The van der Waals surface area contributed by atoms with Crippen LogP contribution in [0.1, 0.15) is 17.4 Å². The molecule has 2 aromatic carbocycles. The number of quaternary nitrogens is 1. The molecule has 154 valence electrons. The fourth-order valence-corrected chi connectivity index (χ4v) is 4.26. The maximum absolute atomic E-state index is 13.3. The minimum atomic E-state index is -0.246. The first-order chi connectivity index (χ1) is 14.7. The number of nitrogens with one attached hydrogen (secondary N) is 4. The molecule has 1 fully saturated rings. The Balaban J connectivity index is 1.46. The summed E-state index contributed by atoms with van der Waals surface area (Å²) in [5.41, 5.74) is 7.35. The largest absolute Gasteiger partial charge is 0.370 e. The summed E-state index contributed by atoms with van der Waals surface area (Å²) in [4.78, 5) is 21.4. The number of fused-ring (bicyclic) bond motifs is 1. The van der Waals surface area contributed by atoms with Crippen LogP contribution in [-0.4, -0.2) is 48.7 Å². The average molecular weight is 470 g/mol. The molecular formula is C22H24BrN5O2+2. The number of H-pyrrole nitrogens is 2. The van der Waals surface area contributed by atoms with Crippen molar-refractivity contribution >= 4 is 38.6 Å². The van der Waals surface area contributed by atoms with E-state index in [9.17, 15) is 4.79 Å². The van der Waals surface area contributed by atoms with Crippen molar-refractivity contribution < 1.29 is 19.4 Å². The predicted molar refractivity (Wildman–Crippen MR) is 116 cm³/mol. The van der Waals surface area contributed by atoms with Crippen molar-refractivity contribution in [2.45, 2.75) is 6.04 Å². The number of hydrogen-bond acceptors (Lipinski definition) is 3. The third-order valence-corrected chi connectivity index (χ3v) is 6.16. The van der Waals surface area contributed by atoms with Gasteiger partial charge in [0.25, 0.3) is 11.7 Å². The summed E-state index contributed by atoms with van der Waals surface area (Å²) in [6.45, 7) is 3.56. The second-order valence-corrected chi connectivity index (χ2v) is 8.57. The lowest BCUT2D eigenvalue weighted by molar-refractivity contribution is -0.900. The number of aromatic nitrogens is 2. The minimum Gasteiger partial charge on any atom is -0.370 e. The van der Waals surface area contributed by atoms with Gasteiger partial charge in [-0.3, -0.25) is 10.2 Å². The number of rotatable bonds is 4. The number of carbonyl (C=O) groups is 1. The molecule has 30 heavy (non-hydrogen) atoms. The van der Waals surface area contributed by atoms with Crippen molar-refractivity contribution in [1.29, 1.82) is 0 Å². The number of halogens is 1. The van der Waals surface area contributed by atoms with Crippen LogP contribution in [0.4, 0.5) is 0 Å². The van der Waals surface area contributed by atoms with Crippen LogP contribution in [0.3, 0.4) is 0 Å². The third kappa shape index (κ3) is 3.86. The van der Waals surface area contributed by atoms with Gasteiger partial charge in [-0.25, -0.2) is 15.0 Å². The molecule has 1 amide bonds. The lowest BCUT2D eigenvalue weighted by Gasteiger charge is -2.27. The van der Waals surface area contributed by atoms with Gasteiger partial charge in [-0.05, 0) is 35.9 Å². The molecule has 2 aliphatic heterocycles. The van der Waals surface area contributed by atoms with Crippen molar-refractivity contribution in [2.24, 2.45) is 0 Å². The van der Waals surface area contributed by atoms with E-state index in [1.165, 1.54) is 4.90 Å². The van der Waals surface area contributed by atoms with E-state index < -0.39 is 0 Å². The number of hydrazine groups is 1. The van der Waals surface area contributed by atoms with Crippen LogP contribution in [0.2, 0.25) is 0 Å². The monoisotopic (exact) mass is 469 g/mol. The van der Waals surface area contributed by atoms with Crippen molar-refractivity contribution in [1.82, 2.24) is 15.4 Å². The van der Waals surface area contributed by atoms with Crippen LogP contribution in [0, 0.1) is 0 Å². The fourth-order valence-electron chi connectivity index (χ4n) is 4.00. The van der Waals surface area contributed by atoms with Gasteiger partial charge in [0.05, 0.1) is 18.9 Å². The number of ether oxygens (including phenoxy) is 1. The van der Waals surface area contributed by atoms with Gasteiger partial charge in [0.2, 0.25) is 0 Å². The zero-order chi connectivity index (χ0) is 20.5. The number of hydrogen-bond donors (Lipinski definition) is 3. The van der Waals surface area contributed by atoms with E-state index in [4.69, 9.17) is 4.74 Å². The van der Waals surface area contributed by atoms with Gasteiger partial charge in [-0.1, -0.05) is 40.2 Å². The Morgan fingerprint density at radius 3 is 2.70 bits per heavy atom. The molecule has 2 aliphatic rings. The van der Waals surface area contributed by atoms with E-state index in [2.05, 4.69) is 37.4 Å². The number of imidazole rings is 1. The highest BCUT2D eigenvalue weighted by Crippen LogP contribution is 2.30.